The number of benzene rings is 2. The summed E-state index contributed by atoms with van der Waals surface area (Å²) in [6.45, 7) is 0. The van der Waals surface area contributed by atoms with Gasteiger partial charge in [-0.25, -0.2) is 0 Å². The van der Waals surface area contributed by atoms with Crippen LogP contribution >= 0.6 is 0 Å². The van der Waals surface area contributed by atoms with E-state index in [0.29, 0.717) is 17.1 Å². The Balaban J connectivity index is 2.08. The molecule has 1 aliphatic heterocycles. The fourth-order valence-corrected chi connectivity index (χ4v) is 2.55. The Labute approximate surface area is 123 Å². The number of Topliss-reactive ketones (excluding diaryl/α,β-unsaturated/α-hetero) is 1. The molecule has 21 heavy (non-hydrogen) atoms. The van der Waals surface area contributed by atoms with Crippen LogP contribution in [-0.4, -0.2) is 20.0 Å². The second kappa shape index (κ2) is 5.22. The van der Waals surface area contributed by atoms with Gasteiger partial charge in [0.2, 0.25) is 5.79 Å². The van der Waals surface area contributed by atoms with Crippen molar-refractivity contribution < 1.29 is 19.0 Å². The zero-order chi connectivity index (χ0) is 14.9. The maximum absolute atomic E-state index is 12.4. The van der Waals surface area contributed by atoms with Crippen LogP contribution in [0, 0.1) is 0 Å². The maximum atomic E-state index is 12.4. The smallest absolute Gasteiger partial charge is 0.244 e. The molecule has 1 unspecified atom stereocenters. The SMILES string of the molecule is COc1ccc2c(c1)OC(OC)(c1ccccc1)CC2=O. The van der Waals surface area contributed by atoms with E-state index in [4.69, 9.17) is 14.2 Å². The van der Waals surface area contributed by atoms with E-state index >= 15 is 0 Å². The van der Waals surface area contributed by atoms with Crippen LogP contribution in [0.2, 0.25) is 0 Å². The van der Waals surface area contributed by atoms with Crippen molar-refractivity contribution in [1.82, 2.24) is 0 Å². The van der Waals surface area contributed by atoms with Crippen LogP contribution in [0.3, 0.4) is 0 Å². The Morgan fingerprint density at radius 3 is 2.52 bits per heavy atom. The van der Waals surface area contributed by atoms with E-state index in [0.717, 1.165) is 5.56 Å². The Morgan fingerprint density at radius 1 is 1.10 bits per heavy atom. The number of rotatable bonds is 3. The summed E-state index contributed by atoms with van der Waals surface area (Å²) in [7, 11) is 3.12. The molecule has 0 fully saturated rings. The Hall–Kier alpha value is -2.33. The first-order valence-electron chi connectivity index (χ1n) is 6.69. The molecule has 108 valence electrons. The molecule has 0 spiro atoms. The molecule has 2 aromatic rings. The minimum absolute atomic E-state index is 0.00962. The van der Waals surface area contributed by atoms with Gasteiger partial charge >= 0.3 is 0 Å². The van der Waals surface area contributed by atoms with Crippen LogP contribution in [0.25, 0.3) is 0 Å². The standard InChI is InChI=1S/C17H16O4/c1-19-13-8-9-14-15(18)11-17(20-2,21-16(14)10-13)12-6-4-3-5-7-12/h3-10H,11H2,1-2H3. The number of ketones is 1. The van der Waals surface area contributed by atoms with Gasteiger partial charge in [0, 0.05) is 18.7 Å². The van der Waals surface area contributed by atoms with Crippen molar-refractivity contribution in [3.05, 3.63) is 59.7 Å². The lowest BCUT2D eigenvalue weighted by Crippen LogP contribution is -2.41. The lowest BCUT2D eigenvalue weighted by molar-refractivity contribution is -0.173. The van der Waals surface area contributed by atoms with Gasteiger partial charge in [0.1, 0.15) is 11.5 Å². The highest BCUT2D eigenvalue weighted by atomic mass is 16.7. The summed E-state index contributed by atoms with van der Waals surface area (Å²) in [6.07, 6.45) is 0.146. The molecule has 0 saturated heterocycles. The predicted octanol–water partition coefficient (Wildman–Crippen LogP) is 3.16. The second-order valence-electron chi connectivity index (χ2n) is 4.89. The first-order chi connectivity index (χ1) is 10.2. The molecule has 0 amide bonds. The van der Waals surface area contributed by atoms with Gasteiger partial charge in [-0.15, -0.1) is 0 Å². The third kappa shape index (κ3) is 2.28. The van der Waals surface area contributed by atoms with E-state index in [-0.39, 0.29) is 12.2 Å². The van der Waals surface area contributed by atoms with Gasteiger partial charge in [-0.3, -0.25) is 4.79 Å². The number of carbonyl (C=O) groups is 1. The summed E-state index contributed by atoms with van der Waals surface area (Å²) in [6, 6.07) is 14.7. The molecular weight excluding hydrogens is 268 g/mol. The quantitative estimate of drug-likeness (QED) is 0.868. The summed E-state index contributed by atoms with van der Waals surface area (Å²) < 4.78 is 16.8. The minimum atomic E-state index is -1.09. The predicted molar refractivity (Wildman–Crippen MR) is 77.7 cm³/mol. The molecule has 1 atom stereocenters. The van der Waals surface area contributed by atoms with Crippen molar-refractivity contribution in [3.8, 4) is 11.5 Å². The molecule has 0 aromatic heterocycles. The van der Waals surface area contributed by atoms with Gasteiger partial charge in [0.15, 0.2) is 5.78 Å². The first kappa shape index (κ1) is 13.6. The molecule has 4 nitrogen and oxygen atoms in total. The van der Waals surface area contributed by atoms with E-state index < -0.39 is 5.79 Å². The topological polar surface area (TPSA) is 44.8 Å². The van der Waals surface area contributed by atoms with Gasteiger partial charge in [-0.1, -0.05) is 30.3 Å². The Morgan fingerprint density at radius 2 is 1.86 bits per heavy atom. The Bertz CT molecular complexity index is 666. The molecule has 0 bridgehead atoms. The molecule has 0 radical (unpaired) electrons. The molecule has 1 heterocycles. The third-order valence-electron chi connectivity index (χ3n) is 3.70. The summed E-state index contributed by atoms with van der Waals surface area (Å²) in [5, 5.41) is 0. The van der Waals surface area contributed by atoms with Crippen LogP contribution < -0.4 is 9.47 Å². The molecule has 0 saturated carbocycles. The number of hydrogen-bond donors (Lipinski definition) is 0. The van der Waals surface area contributed by atoms with Gasteiger partial charge < -0.3 is 14.2 Å². The number of ether oxygens (including phenoxy) is 3. The lowest BCUT2D eigenvalue weighted by atomic mass is 9.93. The van der Waals surface area contributed by atoms with E-state index in [1.165, 1.54) is 0 Å². The molecule has 4 heteroatoms. The highest BCUT2D eigenvalue weighted by molar-refractivity contribution is 6.00. The van der Waals surface area contributed by atoms with Crippen molar-refractivity contribution in [3.63, 3.8) is 0 Å². The van der Waals surface area contributed by atoms with Crippen molar-refractivity contribution in [2.75, 3.05) is 14.2 Å². The van der Waals surface area contributed by atoms with E-state index in [9.17, 15) is 4.79 Å². The van der Waals surface area contributed by atoms with Crippen LogP contribution in [-0.2, 0) is 10.5 Å². The summed E-state index contributed by atoms with van der Waals surface area (Å²) in [4.78, 5) is 12.4. The van der Waals surface area contributed by atoms with Crippen molar-refractivity contribution in [1.29, 1.82) is 0 Å². The van der Waals surface area contributed by atoms with E-state index in [1.54, 1.807) is 32.4 Å². The van der Waals surface area contributed by atoms with Crippen LogP contribution in [0.15, 0.2) is 48.5 Å². The monoisotopic (exact) mass is 284 g/mol. The van der Waals surface area contributed by atoms with E-state index in [2.05, 4.69) is 0 Å². The van der Waals surface area contributed by atoms with Gasteiger partial charge in [0.25, 0.3) is 0 Å². The van der Waals surface area contributed by atoms with Gasteiger partial charge in [-0.2, -0.15) is 0 Å². The molecule has 0 N–H and O–H groups in total. The lowest BCUT2D eigenvalue weighted by Gasteiger charge is -2.36. The number of hydrogen-bond acceptors (Lipinski definition) is 4. The highest BCUT2D eigenvalue weighted by Crippen LogP contribution is 2.41. The summed E-state index contributed by atoms with van der Waals surface area (Å²) in [5.74, 6) is 0.0277. The largest absolute Gasteiger partial charge is 0.497 e. The summed E-state index contributed by atoms with van der Waals surface area (Å²) in [5.41, 5.74) is 1.37. The highest BCUT2D eigenvalue weighted by Gasteiger charge is 2.42. The van der Waals surface area contributed by atoms with Crippen LogP contribution in [0.4, 0.5) is 0 Å². The van der Waals surface area contributed by atoms with Gasteiger partial charge in [-0.05, 0) is 12.1 Å². The van der Waals surface area contributed by atoms with Crippen LogP contribution in [0.5, 0.6) is 11.5 Å². The molecular formula is C17H16O4. The van der Waals surface area contributed by atoms with Gasteiger partial charge in [0.05, 0.1) is 19.1 Å². The normalized spacial score (nSPS) is 20.6. The average Bonchev–Trinajstić information content (AvgIpc) is 2.54. The first-order valence-corrected chi connectivity index (χ1v) is 6.69. The average molecular weight is 284 g/mol. The van der Waals surface area contributed by atoms with Crippen molar-refractivity contribution >= 4 is 5.78 Å². The second-order valence-corrected chi connectivity index (χ2v) is 4.89. The molecule has 0 aliphatic carbocycles. The number of carbonyl (C=O) groups excluding carboxylic acids is 1. The maximum Gasteiger partial charge on any atom is 0.244 e. The molecule has 3 rings (SSSR count). The molecule has 2 aromatic carbocycles. The fraction of sp³-hybridized carbons (Fsp3) is 0.235. The van der Waals surface area contributed by atoms with E-state index in [1.807, 2.05) is 30.3 Å². The fourth-order valence-electron chi connectivity index (χ4n) is 2.55. The number of methoxy groups -OCH3 is 2. The zero-order valence-corrected chi connectivity index (χ0v) is 12.0. The minimum Gasteiger partial charge on any atom is -0.497 e. The van der Waals surface area contributed by atoms with Crippen molar-refractivity contribution in [2.45, 2.75) is 12.2 Å². The third-order valence-corrected chi connectivity index (χ3v) is 3.70. The zero-order valence-electron chi connectivity index (χ0n) is 12.0. The summed E-state index contributed by atoms with van der Waals surface area (Å²) >= 11 is 0. The van der Waals surface area contributed by atoms with Crippen molar-refractivity contribution in [2.24, 2.45) is 0 Å². The van der Waals surface area contributed by atoms with Crippen LogP contribution in [0.1, 0.15) is 22.3 Å². The Kier molecular flexibility index (Phi) is 3.39. The number of fused-ring (bicyclic) bond motifs is 1. The molecule has 1 aliphatic rings.